The Kier molecular flexibility index (Phi) is 4.63. The van der Waals surface area contributed by atoms with Gasteiger partial charge in [0.1, 0.15) is 16.5 Å². The molecule has 0 bridgehead atoms. The summed E-state index contributed by atoms with van der Waals surface area (Å²) in [4.78, 5) is -0.574. The zero-order valence-electron chi connectivity index (χ0n) is 11.1. The second kappa shape index (κ2) is 6.11. The molecule has 21 heavy (non-hydrogen) atoms. The van der Waals surface area contributed by atoms with Crippen molar-refractivity contribution in [2.45, 2.75) is 11.8 Å². The van der Waals surface area contributed by atoms with Gasteiger partial charge in [-0.05, 0) is 41.1 Å². The van der Waals surface area contributed by atoms with E-state index in [1.54, 1.807) is 37.3 Å². The highest BCUT2D eigenvalue weighted by Crippen LogP contribution is 2.31. The SMILES string of the molecule is CCN(c1ccccc1)S(=O)(=O)c1c(F)cc(F)cc1Br. The molecule has 3 nitrogen and oxygen atoms in total. The molecule has 2 aromatic carbocycles. The number of anilines is 1. The zero-order chi connectivity index (χ0) is 15.6. The zero-order valence-corrected chi connectivity index (χ0v) is 13.5. The van der Waals surface area contributed by atoms with Crippen LogP contribution < -0.4 is 4.31 Å². The molecular formula is C14H12BrF2NO2S. The number of benzene rings is 2. The maximum atomic E-state index is 13.9. The van der Waals surface area contributed by atoms with Crippen LogP contribution >= 0.6 is 15.9 Å². The Balaban J connectivity index is 2.61. The Morgan fingerprint density at radius 2 is 1.76 bits per heavy atom. The summed E-state index contributed by atoms with van der Waals surface area (Å²) >= 11 is 2.92. The molecule has 112 valence electrons. The average Bonchev–Trinajstić information content (AvgIpc) is 2.38. The molecule has 7 heteroatoms. The lowest BCUT2D eigenvalue weighted by Crippen LogP contribution is -2.31. The van der Waals surface area contributed by atoms with Crippen molar-refractivity contribution in [3.63, 3.8) is 0 Å². The fraction of sp³-hybridized carbons (Fsp3) is 0.143. The van der Waals surface area contributed by atoms with Gasteiger partial charge in [0.15, 0.2) is 0 Å². The summed E-state index contributed by atoms with van der Waals surface area (Å²) in [5.74, 6) is -1.97. The molecule has 0 heterocycles. The summed E-state index contributed by atoms with van der Waals surface area (Å²) in [7, 11) is -4.14. The van der Waals surface area contributed by atoms with E-state index in [-0.39, 0.29) is 11.0 Å². The third-order valence-electron chi connectivity index (χ3n) is 2.84. The quantitative estimate of drug-likeness (QED) is 0.811. The first kappa shape index (κ1) is 15.9. The minimum Gasteiger partial charge on any atom is -0.266 e. The van der Waals surface area contributed by atoms with E-state index in [1.165, 1.54) is 0 Å². The molecule has 0 radical (unpaired) electrons. The van der Waals surface area contributed by atoms with Gasteiger partial charge in [-0.3, -0.25) is 4.31 Å². The molecule has 0 N–H and O–H groups in total. The van der Waals surface area contributed by atoms with E-state index in [2.05, 4.69) is 15.9 Å². The predicted molar refractivity (Wildman–Crippen MR) is 80.7 cm³/mol. The van der Waals surface area contributed by atoms with Crippen LogP contribution in [0.15, 0.2) is 51.8 Å². The first-order valence-electron chi connectivity index (χ1n) is 6.10. The molecule has 0 atom stereocenters. The van der Waals surface area contributed by atoms with Crippen molar-refractivity contribution in [1.29, 1.82) is 0 Å². The van der Waals surface area contributed by atoms with Crippen LogP contribution in [0.4, 0.5) is 14.5 Å². The summed E-state index contributed by atoms with van der Waals surface area (Å²) in [6, 6.07) is 9.81. The number of nitrogens with zero attached hydrogens (tertiary/aromatic N) is 1. The number of sulfonamides is 1. The van der Waals surface area contributed by atoms with Crippen LogP contribution in [0.3, 0.4) is 0 Å². The lowest BCUT2D eigenvalue weighted by atomic mass is 10.3. The number of hydrogen-bond donors (Lipinski definition) is 0. The summed E-state index contributed by atoms with van der Waals surface area (Å²) in [5.41, 5.74) is 0.413. The Morgan fingerprint density at radius 3 is 2.29 bits per heavy atom. The standard InChI is InChI=1S/C14H12BrF2NO2S/c1-2-18(11-6-4-3-5-7-11)21(19,20)14-12(15)8-10(16)9-13(14)17/h3-9H,2H2,1H3. The normalized spacial score (nSPS) is 11.4. The highest BCUT2D eigenvalue weighted by molar-refractivity contribution is 9.10. The van der Waals surface area contributed by atoms with Gasteiger partial charge in [0.2, 0.25) is 0 Å². The Bertz CT molecular complexity index is 728. The maximum Gasteiger partial charge on any atom is 0.268 e. The molecule has 0 amide bonds. The van der Waals surface area contributed by atoms with E-state index in [0.717, 1.165) is 10.4 Å². The number of para-hydroxylation sites is 1. The smallest absolute Gasteiger partial charge is 0.266 e. The predicted octanol–water partition coefficient (Wildman–Crippen LogP) is 3.94. The fourth-order valence-corrected chi connectivity index (χ4v) is 4.56. The summed E-state index contributed by atoms with van der Waals surface area (Å²) < 4.78 is 53.3. The van der Waals surface area contributed by atoms with E-state index >= 15 is 0 Å². The van der Waals surface area contributed by atoms with Crippen LogP contribution in [0, 0.1) is 11.6 Å². The number of hydrogen-bond acceptors (Lipinski definition) is 2. The van der Waals surface area contributed by atoms with Gasteiger partial charge in [0.05, 0.1) is 5.69 Å². The van der Waals surface area contributed by atoms with Crippen LogP contribution in [-0.2, 0) is 10.0 Å². The van der Waals surface area contributed by atoms with Crippen molar-refractivity contribution in [2.24, 2.45) is 0 Å². The van der Waals surface area contributed by atoms with Gasteiger partial charge in [0.25, 0.3) is 10.0 Å². The topological polar surface area (TPSA) is 37.4 Å². The van der Waals surface area contributed by atoms with E-state index in [4.69, 9.17) is 0 Å². The van der Waals surface area contributed by atoms with Crippen molar-refractivity contribution >= 4 is 31.6 Å². The lowest BCUT2D eigenvalue weighted by Gasteiger charge is -2.23. The van der Waals surface area contributed by atoms with Gasteiger partial charge in [-0.2, -0.15) is 0 Å². The van der Waals surface area contributed by atoms with Crippen molar-refractivity contribution in [3.05, 3.63) is 58.6 Å². The Hall–Kier alpha value is -1.47. The van der Waals surface area contributed by atoms with Crippen molar-refractivity contribution in [2.75, 3.05) is 10.8 Å². The minimum absolute atomic E-state index is 0.121. The van der Waals surface area contributed by atoms with Gasteiger partial charge in [-0.1, -0.05) is 18.2 Å². The summed E-state index contributed by atoms with van der Waals surface area (Å²) in [5, 5.41) is 0. The van der Waals surface area contributed by atoms with Crippen LogP contribution in [-0.4, -0.2) is 15.0 Å². The van der Waals surface area contributed by atoms with Crippen molar-refractivity contribution in [3.8, 4) is 0 Å². The third kappa shape index (κ3) is 3.08. The van der Waals surface area contributed by atoms with Gasteiger partial charge in [-0.15, -0.1) is 0 Å². The van der Waals surface area contributed by atoms with Gasteiger partial charge >= 0.3 is 0 Å². The highest BCUT2D eigenvalue weighted by Gasteiger charge is 2.29. The molecule has 0 saturated heterocycles. The lowest BCUT2D eigenvalue weighted by molar-refractivity contribution is 0.545. The van der Waals surface area contributed by atoms with Gasteiger partial charge in [-0.25, -0.2) is 17.2 Å². The first-order valence-corrected chi connectivity index (χ1v) is 8.33. The Labute approximate surface area is 130 Å². The maximum absolute atomic E-state index is 13.9. The molecule has 0 unspecified atom stereocenters. The summed E-state index contributed by atoms with van der Waals surface area (Å²) in [6.07, 6.45) is 0. The second-order valence-electron chi connectivity index (χ2n) is 4.20. The average molecular weight is 376 g/mol. The fourth-order valence-electron chi connectivity index (χ4n) is 1.97. The van der Waals surface area contributed by atoms with E-state index in [9.17, 15) is 17.2 Å². The first-order chi connectivity index (χ1) is 9.87. The molecule has 2 aromatic rings. The molecular weight excluding hydrogens is 364 g/mol. The second-order valence-corrected chi connectivity index (χ2v) is 6.86. The monoisotopic (exact) mass is 375 g/mol. The minimum atomic E-state index is -4.14. The molecule has 2 rings (SSSR count). The van der Waals surface area contributed by atoms with Crippen LogP contribution in [0.2, 0.25) is 0 Å². The van der Waals surface area contributed by atoms with Crippen LogP contribution in [0.25, 0.3) is 0 Å². The molecule has 0 aliphatic rings. The van der Waals surface area contributed by atoms with Gasteiger partial charge < -0.3 is 0 Å². The third-order valence-corrected chi connectivity index (χ3v) is 5.71. The van der Waals surface area contributed by atoms with Crippen molar-refractivity contribution in [1.82, 2.24) is 0 Å². The molecule has 0 fully saturated rings. The molecule has 0 aliphatic heterocycles. The van der Waals surface area contributed by atoms with Crippen LogP contribution in [0.5, 0.6) is 0 Å². The molecule has 0 spiro atoms. The summed E-state index contributed by atoms with van der Waals surface area (Å²) in [6.45, 7) is 1.76. The largest absolute Gasteiger partial charge is 0.268 e. The Morgan fingerprint density at radius 1 is 1.14 bits per heavy atom. The number of rotatable bonds is 4. The molecule has 0 saturated carbocycles. The van der Waals surface area contributed by atoms with E-state index in [1.807, 2.05) is 0 Å². The van der Waals surface area contributed by atoms with Gasteiger partial charge in [0, 0.05) is 17.1 Å². The van der Waals surface area contributed by atoms with E-state index < -0.39 is 26.6 Å². The molecule has 0 aliphatic carbocycles. The van der Waals surface area contributed by atoms with Crippen LogP contribution in [0.1, 0.15) is 6.92 Å². The van der Waals surface area contributed by atoms with Crippen molar-refractivity contribution < 1.29 is 17.2 Å². The number of halogens is 3. The molecule has 0 aromatic heterocycles. The highest BCUT2D eigenvalue weighted by atomic mass is 79.9. The van der Waals surface area contributed by atoms with E-state index in [0.29, 0.717) is 11.8 Å².